The summed E-state index contributed by atoms with van der Waals surface area (Å²) < 4.78 is 5.29. The van der Waals surface area contributed by atoms with Gasteiger partial charge in [0.15, 0.2) is 5.78 Å². The van der Waals surface area contributed by atoms with Crippen LogP contribution in [0.25, 0.3) is 0 Å². The summed E-state index contributed by atoms with van der Waals surface area (Å²) in [5.41, 5.74) is 0.672. The Kier molecular flexibility index (Phi) is 7.83. The van der Waals surface area contributed by atoms with Crippen molar-refractivity contribution in [1.82, 2.24) is 4.90 Å². The number of ether oxygens (including phenoxy) is 1. The summed E-state index contributed by atoms with van der Waals surface area (Å²) >= 11 is 0. The van der Waals surface area contributed by atoms with Crippen LogP contribution in [0, 0.1) is 10.1 Å². The second kappa shape index (κ2) is 10.1. The monoisotopic (exact) mass is 419 g/mol. The van der Waals surface area contributed by atoms with E-state index >= 15 is 0 Å². The smallest absolute Gasteiger partial charge is 0.270 e. The number of likely N-dealkylation sites (N-methyl/N-ethyl adjacent to an activating group) is 1. The van der Waals surface area contributed by atoms with Gasteiger partial charge in [-0.15, -0.1) is 12.4 Å². The van der Waals surface area contributed by atoms with Gasteiger partial charge >= 0.3 is 0 Å². The highest BCUT2D eigenvalue weighted by atomic mass is 35.5. The van der Waals surface area contributed by atoms with Gasteiger partial charge in [-0.1, -0.05) is 30.3 Å². The standard InChI is InChI=1S/C20H21N3O5.ClH/c1-21(19(24)14-22-9-11-28-12-10-22)18-8-7-16(23(26)27)13-17(18)20(25)15-5-3-2-4-6-15;/h2-8,13H,9-12,14H2,1H3;1H. The van der Waals surface area contributed by atoms with Crippen molar-refractivity contribution in [3.05, 3.63) is 69.8 Å². The summed E-state index contributed by atoms with van der Waals surface area (Å²) in [6.45, 7) is 2.67. The number of hydrogen-bond acceptors (Lipinski definition) is 6. The largest absolute Gasteiger partial charge is 0.379 e. The van der Waals surface area contributed by atoms with E-state index < -0.39 is 4.92 Å². The normalized spacial score (nSPS) is 14.0. The van der Waals surface area contributed by atoms with E-state index in [0.29, 0.717) is 37.6 Å². The summed E-state index contributed by atoms with van der Waals surface area (Å²) in [4.78, 5) is 39.7. The molecule has 0 aromatic heterocycles. The minimum atomic E-state index is -0.554. The van der Waals surface area contributed by atoms with Crippen LogP contribution in [0.4, 0.5) is 11.4 Å². The summed E-state index contributed by atoms with van der Waals surface area (Å²) in [7, 11) is 1.58. The van der Waals surface area contributed by atoms with Crippen molar-refractivity contribution in [2.45, 2.75) is 0 Å². The molecule has 3 rings (SSSR count). The second-order valence-corrected chi connectivity index (χ2v) is 6.49. The number of rotatable bonds is 6. The molecule has 1 fully saturated rings. The third-order valence-electron chi connectivity index (χ3n) is 4.67. The highest BCUT2D eigenvalue weighted by Gasteiger charge is 2.24. The first-order valence-corrected chi connectivity index (χ1v) is 8.92. The maximum atomic E-state index is 13.0. The number of anilines is 1. The van der Waals surface area contributed by atoms with Gasteiger partial charge in [0.1, 0.15) is 0 Å². The van der Waals surface area contributed by atoms with Gasteiger partial charge in [0.05, 0.1) is 35.9 Å². The number of nitro benzene ring substituents is 1. The maximum absolute atomic E-state index is 13.0. The number of morpholine rings is 1. The van der Waals surface area contributed by atoms with E-state index in [1.807, 2.05) is 4.90 Å². The van der Waals surface area contributed by atoms with Gasteiger partial charge in [0.2, 0.25) is 5.91 Å². The fourth-order valence-corrected chi connectivity index (χ4v) is 3.05. The fraction of sp³-hybridized carbons (Fsp3) is 0.300. The van der Waals surface area contributed by atoms with Crippen molar-refractivity contribution in [3.63, 3.8) is 0 Å². The molecule has 2 aromatic rings. The Morgan fingerprint density at radius 1 is 1.14 bits per heavy atom. The number of non-ortho nitro benzene ring substituents is 1. The van der Waals surface area contributed by atoms with Crippen molar-refractivity contribution in [1.29, 1.82) is 0 Å². The molecule has 8 nitrogen and oxygen atoms in total. The van der Waals surface area contributed by atoms with Gasteiger partial charge in [-0.2, -0.15) is 0 Å². The molecular formula is C20H22ClN3O5. The molecule has 29 heavy (non-hydrogen) atoms. The highest BCUT2D eigenvalue weighted by molar-refractivity contribution is 6.14. The molecule has 1 aliphatic heterocycles. The van der Waals surface area contributed by atoms with E-state index in [4.69, 9.17) is 4.74 Å². The Morgan fingerprint density at radius 3 is 2.41 bits per heavy atom. The molecule has 0 radical (unpaired) electrons. The van der Waals surface area contributed by atoms with Crippen molar-refractivity contribution in [2.75, 3.05) is 44.8 Å². The number of carbonyl (C=O) groups is 2. The number of carbonyl (C=O) groups excluding carboxylic acids is 2. The van der Waals surface area contributed by atoms with E-state index in [2.05, 4.69) is 0 Å². The Hall–Kier alpha value is -2.81. The molecule has 9 heteroatoms. The predicted octanol–water partition coefficient (Wildman–Crippen LogP) is 2.54. The van der Waals surface area contributed by atoms with Crippen LogP contribution in [-0.4, -0.2) is 61.4 Å². The van der Waals surface area contributed by atoms with Crippen LogP contribution in [0.15, 0.2) is 48.5 Å². The topological polar surface area (TPSA) is 93.0 Å². The van der Waals surface area contributed by atoms with E-state index in [1.54, 1.807) is 37.4 Å². The van der Waals surface area contributed by atoms with Gasteiger partial charge in [-0.25, -0.2) is 0 Å². The highest BCUT2D eigenvalue weighted by Crippen LogP contribution is 2.27. The first-order chi connectivity index (χ1) is 13.5. The van der Waals surface area contributed by atoms with Crippen LogP contribution in [0.3, 0.4) is 0 Å². The van der Waals surface area contributed by atoms with Crippen LogP contribution in [0.2, 0.25) is 0 Å². The number of nitro groups is 1. The molecule has 1 aliphatic rings. The van der Waals surface area contributed by atoms with E-state index in [0.717, 1.165) is 0 Å². The molecule has 0 aliphatic carbocycles. The van der Waals surface area contributed by atoms with Gasteiger partial charge in [0, 0.05) is 37.8 Å². The quantitative estimate of drug-likeness (QED) is 0.406. The van der Waals surface area contributed by atoms with Crippen LogP contribution in [0.1, 0.15) is 15.9 Å². The van der Waals surface area contributed by atoms with Crippen molar-refractivity contribution < 1.29 is 19.2 Å². The summed E-state index contributed by atoms with van der Waals surface area (Å²) in [6.07, 6.45) is 0. The molecule has 1 heterocycles. The number of nitrogens with zero attached hydrogens (tertiary/aromatic N) is 3. The zero-order valence-corrected chi connectivity index (χ0v) is 16.8. The molecule has 0 saturated carbocycles. The number of hydrogen-bond donors (Lipinski definition) is 0. The third-order valence-corrected chi connectivity index (χ3v) is 4.67. The van der Waals surface area contributed by atoms with Crippen LogP contribution < -0.4 is 4.90 Å². The van der Waals surface area contributed by atoms with Gasteiger partial charge in [0.25, 0.3) is 5.69 Å². The summed E-state index contributed by atoms with van der Waals surface area (Å²) in [6, 6.07) is 12.5. The zero-order chi connectivity index (χ0) is 20.1. The fourth-order valence-electron chi connectivity index (χ4n) is 3.05. The lowest BCUT2D eigenvalue weighted by molar-refractivity contribution is -0.384. The van der Waals surface area contributed by atoms with Crippen molar-refractivity contribution >= 4 is 35.5 Å². The molecule has 0 unspecified atom stereocenters. The van der Waals surface area contributed by atoms with Gasteiger partial charge in [-0.05, 0) is 6.07 Å². The Labute approximate surface area is 174 Å². The zero-order valence-electron chi connectivity index (χ0n) is 15.9. The summed E-state index contributed by atoms with van der Waals surface area (Å²) in [5, 5.41) is 11.2. The first-order valence-electron chi connectivity index (χ1n) is 8.92. The molecule has 0 bridgehead atoms. The van der Waals surface area contributed by atoms with Crippen molar-refractivity contribution in [3.8, 4) is 0 Å². The lowest BCUT2D eigenvalue weighted by Crippen LogP contribution is -2.44. The Balaban J connectivity index is 0.00000300. The molecule has 2 aromatic carbocycles. The molecule has 1 saturated heterocycles. The number of ketones is 1. The average molecular weight is 420 g/mol. The van der Waals surface area contributed by atoms with Crippen molar-refractivity contribution in [2.24, 2.45) is 0 Å². The minimum Gasteiger partial charge on any atom is -0.379 e. The van der Waals surface area contributed by atoms with Gasteiger partial charge in [-0.3, -0.25) is 24.6 Å². The average Bonchev–Trinajstić information content (AvgIpc) is 2.73. The molecular weight excluding hydrogens is 398 g/mol. The molecule has 1 amide bonds. The predicted molar refractivity (Wildman–Crippen MR) is 111 cm³/mol. The van der Waals surface area contributed by atoms with Gasteiger partial charge < -0.3 is 9.64 Å². The molecule has 0 N–H and O–H groups in total. The third kappa shape index (κ3) is 5.38. The number of halogens is 1. The molecule has 154 valence electrons. The van der Waals surface area contributed by atoms with E-state index in [9.17, 15) is 19.7 Å². The molecule has 0 atom stereocenters. The Morgan fingerprint density at radius 2 is 1.79 bits per heavy atom. The lowest BCUT2D eigenvalue weighted by Gasteiger charge is -2.28. The second-order valence-electron chi connectivity index (χ2n) is 6.49. The van der Waals surface area contributed by atoms with E-state index in [1.165, 1.54) is 23.1 Å². The summed E-state index contributed by atoms with van der Waals surface area (Å²) in [5.74, 6) is -0.566. The van der Waals surface area contributed by atoms with Crippen LogP contribution in [-0.2, 0) is 9.53 Å². The van der Waals surface area contributed by atoms with Crippen LogP contribution >= 0.6 is 12.4 Å². The Bertz CT molecular complexity index is 885. The van der Waals surface area contributed by atoms with Crippen LogP contribution in [0.5, 0.6) is 0 Å². The minimum absolute atomic E-state index is 0. The first kappa shape index (κ1) is 22.5. The van der Waals surface area contributed by atoms with E-state index in [-0.39, 0.29) is 41.9 Å². The number of amides is 1. The lowest BCUT2D eigenvalue weighted by atomic mass is 10.0. The maximum Gasteiger partial charge on any atom is 0.270 e. The molecule has 0 spiro atoms. The SMILES string of the molecule is CN(C(=O)CN1CCOCC1)c1ccc([N+](=O)[O-])cc1C(=O)c1ccccc1.Cl. The number of benzene rings is 2.